The average molecular weight is 384 g/mol. The van der Waals surface area contributed by atoms with Crippen LogP contribution in [0.2, 0.25) is 0 Å². The molecule has 5 heteroatoms. The number of hydrogen-bond acceptors (Lipinski definition) is 4. The molecule has 3 aliphatic rings. The van der Waals surface area contributed by atoms with Crippen LogP contribution in [-0.4, -0.2) is 51.1 Å². The topological polar surface area (TPSA) is 50.5 Å². The molecule has 5 rings (SSSR count). The lowest BCUT2D eigenvalue weighted by Gasteiger charge is -2.40. The van der Waals surface area contributed by atoms with Gasteiger partial charge in [-0.15, -0.1) is 0 Å². The molecule has 1 N–H and O–H groups in total. The Morgan fingerprint density at radius 2 is 1.93 bits per heavy atom. The second-order valence-corrected chi connectivity index (χ2v) is 9.44. The Hall–Kier alpha value is -1.43. The van der Waals surface area contributed by atoms with E-state index in [1.165, 1.54) is 38.5 Å². The highest BCUT2D eigenvalue weighted by Crippen LogP contribution is 2.38. The molecule has 152 valence electrons. The molecule has 28 heavy (non-hydrogen) atoms. The molecule has 2 aliphatic heterocycles. The zero-order valence-electron chi connectivity index (χ0n) is 17.0. The molecular formula is C23H33N3O2. The summed E-state index contributed by atoms with van der Waals surface area (Å²) in [6.07, 6.45) is 10.3. The zero-order chi connectivity index (χ0) is 19.1. The van der Waals surface area contributed by atoms with Crippen LogP contribution in [0.15, 0.2) is 24.4 Å². The van der Waals surface area contributed by atoms with Crippen molar-refractivity contribution in [2.24, 2.45) is 11.8 Å². The Morgan fingerprint density at radius 1 is 1.14 bits per heavy atom. The molecule has 2 aromatic rings. The van der Waals surface area contributed by atoms with Crippen molar-refractivity contribution in [3.63, 3.8) is 0 Å². The molecule has 0 amide bonds. The maximum absolute atomic E-state index is 9.44. The number of ether oxygens (including phenoxy) is 1. The number of rotatable bonds is 8. The number of hydrogen-bond donors (Lipinski definition) is 1. The van der Waals surface area contributed by atoms with Crippen molar-refractivity contribution >= 4 is 10.9 Å². The van der Waals surface area contributed by atoms with E-state index in [1.54, 1.807) is 0 Å². The molecule has 4 atom stereocenters. The van der Waals surface area contributed by atoms with E-state index in [9.17, 15) is 5.11 Å². The summed E-state index contributed by atoms with van der Waals surface area (Å²) < 4.78 is 8.35. The van der Waals surface area contributed by atoms with Gasteiger partial charge >= 0.3 is 0 Å². The van der Waals surface area contributed by atoms with Gasteiger partial charge in [-0.2, -0.15) is 5.10 Å². The summed E-state index contributed by atoms with van der Waals surface area (Å²) in [4.78, 5) is 2.77. The molecule has 1 aromatic heterocycles. The van der Waals surface area contributed by atoms with Gasteiger partial charge in [-0.05, 0) is 62.0 Å². The van der Waals surface area contributed by atoms with Crippen LogP contribution in [-0.2, 0) is 17.9 Å². The summed E-state index contributed by atoms with van der Waals surface area (Å²) in [5.41, 5.74) is 2.08. The Bertz CT molecular complexity index is 801. The molecule has 3 heterocycles. The fraction of sp³-hybridized carbons (Fsp3) is 0.696. The van der Waals surface area contributed by atoms with Crippen LogP contribution < -0.4 is 0 Å². The van der Waals surface area contributed by atoms with Gasteiger partial charge < -0.3 is 9.84 Å². The van der Waals surface area contributed by atoms with Crippen molar-refractivity contribution in [3.8, 4) is 0 Å². The first-order valence-electron chi connectivity index (χ1n) is 11.1. The lowest BCUT2D eigenvalue weighted by atomic mass is 9.98. The third kappa shape index (κ3) is 3.85. The van der Waals surface area contributed by atoms with Crippen molar-refractivity contribution in [1.29, 1.82) is 0 Å². The van der Waals surface area contributed by atoms with Gasteiger partial charge in [0.2, 0.25) is 0 Å². The van der Waals surface area contributed by atoms with E-state index in [0.717, 1.165) is 42.1 Å². The van der Waals surface area contributed by atoms with E-state index >= 15 is 0 Å². The maximum atomic E-state index is 9.44. The minimum atomic E-state index is 0.0811. The molecule has 1 aromatic carbocycles. The van der Waals surface area contributed by atoms with E-state index in [0.29, 0.717) is 24.1 Å². The SMILES string of the molecule is C[C@H](CN1[C@@H]2CC[C@H]1CC(OCC1CC1)C2)Cn1ncc2ccc(CO)cc21. The maximum Gasteiger partial charge on any atom is 0.0686 e. The smallest absolute Gasteiger partial charge is 0.0686 e. The predicted molar refractivity (Wildman–Crippen MR) is 110 cm³/mol. The van der Waals surface area contributed by atoms with Crippen molar-refractivity contribution < 1.29 is 9.84 Å². The normalized spacial score (nSPS) is 28.9. The molecule has 1 unspecified atom stereocenters. The lowest BCUT2D eigenvalue weighted by molar-refractivity contribution is -0.0276. The molecule has 2 saturated heterocycles. The molecule has 0 spiro atoms. The van der Waals surface area contributed by atoms with Crippen LogP contribution in [0.4, 0.5) is 0 Å². The van der Waals surface area contributed by atoms with Crippen LogP contribution in [0, 0.1) is 11.8 Å². The number of fused-ring (bicyclic) bond motifs is 3. The first-order chi connectivity index (χ1) is 13.7. The van der Waals surface area contributed by atoms with Crippen LogP contribution in [0.3, 0.4) is 0 Å². The molecule has 2 bridgehead atoms. The Morgan fingerprint density at radius 3 is 2.64 bits per heavy atom. The molecule has 5 nitrogen and oxygen atoms in total. The molecule has 1 saturated carbocycles. The number of aliphatic hydroxyl groups excluding tert-OH is 1. The molecule has 0 radical (unpaired) electrons. The largest absolute Gasteiger partial charge is 0.392 e. The van der Waals surface area contributed by atoms with Gasteiger partial charge in [-0.25, -0.2) is 0 Å². The fourth-order valence-corrected chi connectivity index (χ4v) is 5.29. The first kappa shape index (κ1) is 18.6. The van der Waals surface area contributed by atoms with E-state index in [2.05, 4.69) is 33.7 Å². The minimum absolute atomic E-state index is 0.0811. The third-order valence-electron chi connectivity index (χ3n) is 7.00. The first-order valence-corrected chi connectivity index (χ1v) is 11.1. The molecule has 3 fully saturated rings. The highest BCUT2D eigenvalue weighted by molar-refractivity contribution is 5.79. The number of benzene rings is 1. The summed E-state index contributed by atoms with van der Waals surface area (Å²) >= 11 is 0. The van der Waals surface area contributed by atoms with Crippen molar-refractivity contribution in [1.82, 2.24) is 14.7 Å². The predicted octanol–water partition coefficient (Wildman–Crippen LogP) is 3.59. The third-order valence-corrected chi connectivity index (χ3v) is 7.00. The van der Waals surface area contributed by atoms with Crippen LogP contribution in [0.1, 0.15) is 51.0 Å². The standard InChI is InChI=1S/C23H33N3O2/c1-16(13-26-23-8-18(14-27)4-5-19(23)11-24-26)12-25-20-6-7-21(25)10-22(9-20)28-15-17-2-3-17/h4-5,8,11,16-17,20-22,27H,2-3,6-7,9-10,12-15H2,1H3/t16-,20-,21+,22?/m1/s1. The number of aliphatic hydroxyl groups is 1. The van der Waals surface area contributed by atoms with E-state index in [1.807, 2.05) is 12.3 Å². The van der Waals surface area contributed by atoms with Gasteiger partial charge in [-0.1, -0.05) is 19.1 Å². The zero-order valence-corrected chi connectivity index (χ0v) is 17.0. The highest BCUT2D eigenvalue weighted by atomic mass is 16.5. The van der Waals surface area contributed by atoms with E-state index < -0.39 is 0 Å². The van der Waals surface area contributed by atoms with Crippen LogP contribution >= 0.6 is 0 Å². The van der Waals surface area contributed by atoms with Crippen LogP contribution in [0.25, 0.3) is 10.9 Å². The fourth-order valence-electron chi connectivity index (χ4n) is 5.29. The second-order valence-electron chi connectivity index (χ2n) is 9.44. The van der Waals surface area contributed by atoms with Crippen molar-refractivity contribution in [2.45, 2.75) is 76.8 Å². The summed E-state index contributed by atoms with van der Waals surface area (Å²) in [5.74, 6) is 1.42. The Balaban J connectivity index is 1.20. The lowest BCUT2D eigenvalue weighted by Crippen LogP contribution is -2.47. The summed E-state index contributed by atoms with van der Waals surface area (Å²) in [5, 5.41) is 15.2. The van der Waals surface area contributed by atoms with Gasteiger partial charge in [0.1, 0.15) is 0 Å². The monoisotopic (exact) mass is 383 g/mol. The number of nitrogens with zero attached hydrogens (tertiary/aromatic N) is 3. The number of piperidine rings is 1. The van der Waals surface area contributed by atoms with Gasteiger partial charge in [0.25, 0.3) is 0 Å². The van der Waals surface area contributed by atoms with Gasteiger partial charge in [-0.3, -0.25) is 9.58 Å². The summed E-state index contributed by atoms with van der Waals surface area (Å²) in [6, 6.07) is 7.52. The quantitative estimate of drug-likeness (QED) is 0.757. The van der Waals surface area contributed by atoms with Crippen molar-refractivity contribution in [3.05, 3.63) is 30.0 Å². The van der Waals surface area contributed by atoms with Gasteiger partial charge in [0.05, 0.1) is 24.4 Å². The average Bonchev–Trinajstić information content (AvgIpc) is 3.42. The van der Waals surface area contributed by atoms with Gasteiger partial charge in [0.15, 0.2) is 0 Å². The summed E-state index contributed by atoms with van der Waals surface area (Å²) in [7, 11) is 0. The minimum Gasteiger partial charge on any atom is -0.392 e. The van der Waals surface area contributed by atoms with Crippen LogP contribution in [0.5, 0.6) is 0 Å². The van der Waals surface area contributed by atoms with E-state index in [4.69, 9.17) is 4.74 Å². The second kappa shape index (κ2) is 7.77. The van der Waals surface area contributed by atoms with Crippen molar-refractivity contribution in [2.75, 3.05) is 13.2 Å². The number of aromatic nitrogens is 2. The summed E-state index contributed by atoms with van der Waals surface area (Å²) in [6.45, 7) is 5.50. The highest BCUT2D eigenvalue weighted by Gasteiger charge is 2.41. The molecular weight excluding hydrogens is 350 g/mol. The Kier molecular flexibility index (Phi) is 5.16. The molecule has 1 aliphatic carbocycles. The van der Waals surface area contributed by atoms with E-state index in [-0.39, 0.29) is 6.61 Å². The van der Waals surface area contributed by atoms with Gasteiger partial charge in [0, 0.05) is 37.2 Å². The Labute approximate surface area is 167 Å².